The molecule has 0 aliphatic heterocycles. The van der Waals surface area contributed by atoms with Gasteiger partial charge in [0, 0.05) is 18.4 Å². The van der Waals surface area contributed by atoms with E-state index < -0.39 is 5.97 Å². The predicted octanol–water partition coefficient (Wildman–Crippen LogP) is 1.31. The summed E-state index contributed by atoms with van der Waals surface area (Å²) >= 11 is 0. The summed E-state index contributed by atoms with van der Waals surface area (Å²) in [5.41, 5.74) is 0. The van der Waals surface area contributed by atoms with E-state index >= 15 is 0 Å². The highest BCUT2D eigenvalue weighted by Crippen LogP contribution is 2.24. The number of carboxylic acids is 1. The first-order valence-electron chi connectivity index (χ1n) is 5.97. The molecule has 0 amide bonds. The molecule has 0 atom stereocenters. The highest BCUT2D eigenvalue weighted by molar-refractivity contribution is 5.69. The molecule has 1 heterocycles. The summed E-state index contributed by atoms with van der Waals surface area (Å²) in [7, 11) is 0. The minimum Gasteiger partial charge on any atom is -0.480 e. The molecular weight excluding hydrogens is 218 g/mol. The van der Waals surface area contributed by atoms with E-state index in [4.69, 9.17) is 5.11 Å². The molecule has 0 aromatic carbocycles. The number of nitrogens with zero attached hydrogens (tertiary/aromatic N) is 3. The Balaban J connectivity index is 2.02. The van der Waals surface area contributed by atoms with E-state index in [2.05, 4.69) is 9.97 Å². The molecule has 1 N–H and O–H groups in total. The molecule has 0 spiro atoms. The Kier molecular flexibility index (Phi) is 4.03. The van der Waals surface area contributed by atoms with Crippen molar-refractivity contribution in [2.75, 3.05) is 6.54 Å². The average Bonchev–Trinajstić information content (AvgIpc) is 2.82. The third-order valence-corrected chi connectivity index (χ3v) is 3.14. The minimum absolute atomic E-state index is 0.0723. The molecule has 5 heteroatoms. The van der Waals surface area contributed by atoms with Crippen molar-refractivity contribution in [1.82, 2.24) is 14.9 Å². The number of carboxylic acid groups (broad SMARTS) is 1. The van der Waals surface area contributed by atoms with Crippen molar-refractivity contribution >= 4 is 5.97 Å². The van der Waals surface area contributed by atoms with Gasteiger partial charge in [0.15, 0.2) is 0 Å². The van der Waals surface area contributed by atoms with Crippen molar-refractivity contribution in [2.45, 2.75) is 38.3 Å². The maximum Gasteiger partial charge on any atom is 0.317 e. The van der Waals surface area contributed by atoms with Crippen LogP contribution in [0.1, 0.15) is 31.5 Å². The first-order valence-corrected chi connectivity index (χ1v) is 5.97. The van der Waals surface area contributed by atoms with Gasteiger partial charge in [0.1, 0.15) is 5.82 Å². The quantitative estimate of drug-likeness (QED) is 0.833. The van der Waals surface area contributed by atoms with Gasteiger partial charge < -0.3 is 5.11 Å². The van der Waals surface area contributed by atoms with Gasteiger partial charge in [0.2, 0.25) is 0 Å². The van der Waals surface area contributed by atoms with Gasteiger partial charge in [0.25, 0.3) is 0 Å². The van der Waals surface area contributed by atoms with E-state index in [0.717, 1.165) is 12.8 Å². The lowest BCUT2D eigenvalue weighted by atomic mass is 10.2. The van der Waals surface area contributed by atoms with Gasteiger partial charge in [-0.2, -0.15) is 0 Å². The highest BCUT2D eigenvalue weighted by Gasteiger charge is 2.24. The summed E-state index contributed by atoms with van der Waals surface area (Å²) in [6, 6.07) is 2.13. The van der Waals surface area contributed by atoms with Gasteiger partial charge in [-0.3, -0.25) is 9.69 Å². The van der Waals surface area contributed by atoms with Crippen LogP contribution < -0.4 is 0 Å². The number of aromatic nitrogens is 2. The third kappa shape index (κ3) is 3.49. The number of hydrogen-bond acceptors (Lipinski definition) is 4. The highest BCUT2D eigenvalue weighted by atomic mass is 16.4. The fourth-order valence-corrected chi connectivity index (χ4v) is 2.35. The van der Waals surface area contributed by atoms with Gasteiger partial charge in [-0.25, -0.2) is 9.97 Å². The van der Waals surface area contributed by atoms with E-state index in [0.29, 0.717) is 18.4 Å². The lowest BCUT2D eigenvalue weighted by Gasteiger charge is -2.26. The molecule has 2 rings (SSSR count). The SMILES string of the molecule is O=C(O)CN(Cc1ncccn1)C1CCCC1. The summed E-state index contributed by atoms with van der Waals surface area (Å²) in [5, 5.41) is 8.94. The normalized spacial score (nSPS) is 16.5. The summed E-state index contributed by atoms with van der Waals surface area (Å²) in [6.45, 7) is 0.598. The molecular formula is C12H17N3O2. The molecule has 0 radical (unpaired) electrons. The monoisotopic (exact) mass is 235 g/mol. The fraction of sp³-hybridized carbons (Fsp3) is 0.583. The Morgan fingerprint density at radius 3 is 2.59 bits per heavy atom. The largest absolute Gasteiger partial charge is 0.480 e. The summed E-state index contributed by atoms with van der Waals surface area (Å²) in [5.74, 6) is -0.0894. The van der Waals surface area contributed by atoms with Gasteiger partial charge in [-0.15, -0.1) is 0 Å². The van der Waals surface area contributed by atoms with Crippen molar-refractivity contribution < 1.29 is 9.90 Å². The van der Waals surface area contributed by atoms with Crippen LogP contribution in [-0.2, 0) is 11.3 Å². The molecule has 1 aliphatic rings. The number of hydrogen-bond donors (Lipinski definition) is 1. The first-order chi connectivity index (χ1) is 8.25. The molecule has 0 bridgehead atoms. The average molecular weight is 235 g/mol. The molecule has 1 aromatic rings. The maximum atomic E-state index is 10.9. The van der Waals surface area contributed by atoms with Gasteiger partial charge >= 0.3 is 5.97 Å². The Morgan fingerprint density at radius 2 is 2.00 bits per heavy atom. The Hall–Kier alpha value is -1.49. The number of rotatable bonds is 5. The fourth-order valence-electron chi connectivity index (χ4n) is 2.35. The Morgan fingerprint density at radius 1 is 1.35 bits per heavy atom. The van der Waals surface area contributed by atoms with Gasteiger partial charge in [-0.1, -0.05) is 12.8 Å². The van der Waals surface area contributed by atoms with Crippen LogP contribution in [0.4, 0.5) is 0 Å². The van der Waals surface area contributed by atoms with Crippen LogP contribution in [0.3, 0.4) is 0 Å². The van der Waals surface area contributed by atoms with Crippen molar-refractivity contribution in [1.29, 1.82) is 0 Å². The minimum atomic E-state index is -0.784. The van der Waals surface area contributed by atoms with Crippen LogP contribution in [0.25, 0.3) is 0 Å². The standard InChI is InChI=1S/C12H17N3O2/c16-12(17)9-15(10-4-1-2-5-10)8-11-13-6-3-7-14-11/h3,6-7,10H,1-2,4-5,8-9H2,(H,16,17). The summed E-state index contributed by atoms with van der Waals surface area (Å²) in [6.07, 6.45) is 7.93. The molecule has 1 aliphatic carbocycles. The first kappa shape index (κ1) is 12.0. The van der Waals surface area contributed by atoms with Crippen molar-refractivity contribution in [3.63, 3.8) is 0 Å². The van der Waals surface area contributed by atoms with Gasteiger partial charge in [0.05, 0.1) is 13.1 Å². The third-order valence-electron chi connectivity index (χ3n) is 3.14. The van der Waals surface area contributed by atoms with Crippen molar-refractivity contribution in [2.24, 2.45) is 0 Å². The van der Waals surface area contributed by atoms with Crippen LogP contribution in [0, 0.1) is 0 Å². The van der Waals surface area contributed by atoms with Crippen LogP contribution in [0.5, 0.6) is 0 Å². The van der Waals surface area contributed by atoms with E-state index in [9.17, 15) is 4.79 Å². The van der Waals surface area contributed by atoms with Crippen LogP contribution in [0.15, 0.2) is 18.5 Å². The van der Waals surface area contributed by atoms with Crippen LogP contribution in [-0.4, -0.2) is 38.5 Å². The van der Waals surface area contributed by atoms with E-state index in [1.54, 1.807) is 18.5 Å². The van der Waals surface area contributed by atoms with E-state index in [1.165, 1.54) is 12.8 Å². The molecule has 5 nitrogen and oxygen atoms in total. The molecule has 1 aromatic heterocycles. The van der Waals surface area contributed by atoms with Crippen LogP contribution in [0.2, 0.25) is 0 Å². The molecule has 92 valence electrons. The molecule has 0 unspecified atom stereocenters. The van der Waals surface area contributed by atoms with Crippen LogP contribution >= 0.6 is 0 Å². The lowest BCUT2D eigenvalue weighted by molar-refractivity contribution is -0.139. The zero-order valence-electron chi connectivity index (χ0n) is 9.75. The topological polar surface area (TPSA) is 66.3 Å². The second-order valence-corrected chi connectivity index (χ2v) is 4.40. The molecule has 0 saturated heterocycles. The second-order valence-electron chi connectivity index (χ2n) is 4.40. The zero-order valence-corrected chi connectivity index (χ0v) is 9.75. The lowest BCUT2D eigenvalue weighted by Crippen LogP contribution is -2.37. The van der Waals surface area contributed by atoms with E-state index in [-0.39, 0.29) is 6.54 Å². The molecule has 1 fully saturated rings. The maximum absolute atomic E-state index is 10.9. The zero-order chi connectivity index (χ0) is 12.1. The molecule has 1 saturated carbocycles. The number of aliphatic carboxylic acids is 1. The summed E-state index contributed by atoms with van der Waals surface area (Å²) < 4.78 is 0. The van der Waals surface area contributed by atoms with Gasteiger partial charge in [-0.05, 0) is 18.9 Å². The second kappa shape index (κ2) is 5.72. The Labute approximate surface area is 100 Å². The van der Waals surface area contributed by atoms with Crippen molar-refractivity contribution in [3.05, 3.63) is 24.3 Å². The Bertz CT molecular complexity index is 363. The number of carbonyl (C=O) groups is 1. The summed E-state index contributed by atoms with van der Waals surface area (Å²) in [4.78, 5) is 21.2. The van der Waals surface area contributed by atoms with Crippen molar-refractivity contribution in [3.8, 4) is 0 Å². The van der Waals surface area contributed by atoms with E-state index in [1.807, 2.05) is 4.90 Å². The smallest absolute Gasteiger partial charge is 0.317 e. The predicted molar refractivity (Wildman–Crippen MR) is 62.3 cm³/mol. The molecule has 17 heavy (non-hydrogen) atoms.